The summed E-state index contributed by atoms with van der Waals surface area (Å²) in [7, 11) is 0. The number of H-pyrrole nitrogens is 1. The van der Waals surface area contributed by atoms with Crippen molar-refractivity contribution in [2.45, 2.75) is 13.5 Å². The van der Waals surface area contributed by atoms with Crippen LogP contribution < -0.4 is 10.6 Å². The number of hydrogen-bond acceptors (Lipinski definition) is 4. The lowest BCUT2D eigenvalue weighted by atomic mass is 10.2. The second-order valence-corrected chi connectivity index (χ2v) is 3.74. The van der Waals surface area contributed by atoms with Crippen LogP contribution in [0, 0.1) is 0 Å². The molecule has 0 atom stereocenters. The fourth-order valence-corrected chi connectivity index (χ4v) is 1.58. The molecule has 2 heterocycles. The molecule has 0 radical (unpaired) electrons. The van der Waals surface area contributed by atoms with Crippen molar-refractivity contribution in [3.8, 4) is 0 Å². The number of carbonyl (C=O) groups excluding carboxylic acids is 1. The van der Waals surface area contributed by atoms with Gasteiger partial charge in [0.05, 0.1) is 23.6 Å². The highest BCUT2D eigenvalue weighted by Gasteiger charge is 2.10. The number of rotatable bonds is 5. The van der Waals surface area contributed by atoms with Crippen LogP contribution in [0.4, 0.5) is 5.69 Å². The molecule has 3 N–H and O–H groups in total. The van der Waals surface area contributed by atoms with Crippen LogP contribution >= 0.6 is 0 Å². The molecule has 0 aromatic carbocycles. The molecule has 0 fully saturated rings. The molecule has 2 aromatic rings. The van der Waals surface area contributed by atoms with Crippen LogP contribution in [-0.4, -0.2) is 27.6 Å². The number of carbonyl (C=O) groups is 1. The van der Waals surface area contributed by atoms with Gasteiger partial charge in [0.25, 0.3) is 5.91 Å². The van der Waals surface area contributed by atoms with Crippen LogP contribution in [0.25, 0.3) is 0 Å². The van der Waals surface area contributed by atoms with E-state index >= 15 is 0 Å². The lowest BCUT2D eigenvalue weighted by molar-refractivity contribution is 0.0951. The Morgan fingerprint density at radius 3 is 3.06 bits per heavy atom. The first-order valence-corrected chi connectivity index (χ1v) is 5.75. The van der Waals surface area contributed by atoms with Crippen LogP contribution in [0.15, 0.2) is 30.9 Å². The van der Waals surface area contributed by atoms with E-state index in [0.717, 1.165) is 17.8 Å². The van der Waals surface area contributed by atoms with Gasteiger partial charge in [0.15, 0.2) is 0 Å². The summed E-state index contributed by atoms with van der Waals surface area (Å²) in [5.74, 6) is -0.130. The topological polar surface area (TPSA) is 82.7 Å². The predicted octanol–water partition coefficient (Wildman–Crippen LogP) is 1.17. The summed E-state index contributed by atoms with van der Waals surface area (Å²) in [5.41, 5.74) is 2.27. The summed E-state index contributed by atoms with van der Waals surface area (Å²) in [6.45, 7) is 3.16. The minimum Gasteiger partial charge on any atom is -0.383 e. The monoisotopic (exact) mass is 245 g/mol. The van der Waals surface area contributed by atoms with Gasteiger partial charge in [-0.05, 0) is 13.0 Å². The van der Waals surface area contributed by atoms with Gasteiger partial charge in [-0.3, -0.25) is 14.9 Å². The summed E-state index contributed by atoms with van der Waals surface area (Å²) >= 11 is 0. The molecule has 94 valence electrons. The predicted molar refractivity (Wildman–Crippen MR) is 68.2 cm³/mol. The lowest BCUT2D eigenvalue weighted by Crippen LogP contribution is -2.23. The van der Waals surface area contributed by atoms with Crippen molar-refractivity contribution in [2.24, 2.45) is 0 Å². The maximum Gasteiger partial charge on any atom is 0.253 e. The van der Waals surface area contributed by atoms with Crippen molar-refractivity contribution < 1.29 is 4.79 Å². The molecule has 2 rings (SSSR count). The van der Waals surface area contributed by atoms with Crippen molar-refractivity contribution in [1.82, 2.24) is 20.5 Å². The lowest BCUT2D eigenvalue weighted by Gasteiger charge is -2.09. The molecule has 0 bridgehead atoms. The minimum atomic E-state index is -0.130. The summed E-state index contributed by atoms with van der Waals surface area (Å²) in [6.07, 6.45) is 6.68. The Morgan fingerprint density at radius 2 is 2.33 bits per heavy atom. The molecule has 1 amide bonds. The number of nitrogens with one attached hydrogen (secondary N) is 3. The van der Waals surface area contributed by atoms with Crippen molar-refractivity contribution in [1.29, 1.82) is 0 Å². The van der Waals surface area contributed by atoms with Gasteiger partial charge >= 0.3 is 0 Å². The summed E-state index contributed by atoms with van der Waals surface area (Å²) < 4.78 is 0. The molecule has 0 saturated heterocycles. The van der Waals surface area contributed by atoms with E-state index in [1.165, 1.54) is 0 Å². The average Bonchev–Trinajstić information content (AvgIpc) is 2.90. The number of aromatic amines is 1. The molecular formula is C12H15N5O. The fraction of sp³-hybridized carbons (Fsp3) is 0.250. The number of nitrogens with zero attached hydrogens (tertiary/aromatic N) is 2. The molecular weight excluding hydrogens is 230 g/mol. The highest BCUT2D eigenvalue weighted by molar-refractivity contribution is 5.99. The zero-order valence-electron chi connectivity index (χ0n) is 10.1. The third-order valence-electron chi connectivity index (χ3n) is 2.44. The van der Waals surface area contributed by atoms with E-state index in [2.05, 4.69) is 25.8 Å². The second kappa shape index (κ2) is 5.81. The van der Waals surface area contributed by atoms with E-state index in [1.807, 2.05) is 6.92 Å². The summed E-state index contributed by atoms with van der Waals surface area (Å²) in [5, 5.41) is 12.5. The van der Waals surface area contributed by atoms with E-state index in [0.29, 0.717) is 12.1 Å². The van der Waals surface area contributed by atoms with Gasteiger partial charge < -0.3 is 10.6 Å². The number of aromatic nitrogens is 3. The Balaban J connectivity index is 2.04. The number of pyridine rings is 1. The zero-order valence-corrected chi connectivity index (χ0v) is 10.1. The maximum atomic E-state index is 12.0. The standard InChI is InChI=1S/C12H15N5O/c1-2-14-11-8-13-4-3-10(11)12(18)15-5-9-6-16-17-7-9/h3-4,6-8,14H,2,5H2,1H3,(H,15,18)(H,16,17). The normalized spacial score (nSPS) is 10.1. The molecule has 6 nitrogen and oxygen atoms in total. The van der Waals surface area contributed by atoms with Crippen molar-refractivity contribution in [3.05, 3.63) is 42.0 Å². The Hall–Kier alpha value is -2.37. The number of amides is 1. The number of anilines is 1. The first kappa shape index (κ1) is 12.1. The summed E-state index contributed by atoms with van der Waals surface area (Å²) in [6, 6.07) is 1.70. The van der Waals surface area contributed by atoms with E-state index in [4.69, 9.17) is 0 Å². The van der Waals surface area contributed by atoms with Crippen molar-refractivity contribution in [2.75, 3.05) is 11.9 Å². The maximum absolute atomic E-state index is 12.0. The van der Waals surface area contributed by atoms with Crippen LogP contribution in [0.2, 0.25) is 0 Å². The van der Waals surface area contributed by atoms with Gasteiger partial charge in [-0.25, -0.2) is 0 Å². The Bertz CT molecular complexity index is 509. The highest BCUT2D eigenvalue weighted by Crippen LogP contribution is 2.12. The fourth-order valence-electron chi connectivity index (χ4n) is 1.58. The van der Waals surface area contributed by atoms with Crippen LogP contribution in [-0.2, 0) is 6.54 Å². The molecule has 0 aliphatic rings. The number of hydrogen-bond donors (Lipinski definition) is 3. The molecule has 0 unspecified atom stereocenters. The minimum absolute atomic E-state index is 0.130. The third-order valence-corrected chi connectivity index (χ3v) is 2.44. The molecule has 0 aliphatic carbocycles. The van der Waals surface area contributed by atoms with Crippen LogP contribution in [0.1, 0.15) is 22.8 Å². The van der Waals surface area contributed by atoms with E-state index in [1.54, 1.807) is 30.9 Å². The highest BCUT2D eigenvalue weighted by atomic mass is 16.1. The second-order valence-electron chi connectivity index (χ2n) is 3.74. The smallest absolute Gasteiger partial charge is 0.253 e. The van der Waals surface area contributed by atoms with Gasteiger partial charge in [-0.15, -0.1) is 0 Å². The van der Waals surface area contributed by atoms with Gasteiger partial charge in [-0.1, -0.05) is 0 Å². The van der Waals surface area contributed by atoms with E-state index in [-0.39, 0.29) is 5.91 Å². The molecule has 2 aromatic heterocycles. The summed E-state index contributed by atoms with van der Waals surface area (Å²) in [4.78, 5) is 16.0. The van der Waals surface area contributed by atoms with E-state index < -0.39 is 0 Å². The Labute approximate surface area is 105 Å². The van der Waals surface area contributed by atoms with Gasteiger partial charge in [0, 0.05) is 31.0 Å². The van der Waals surface area contributed by atoms with Gasteiger partial charge in [-0.2, -0.15) is 5.10 Å². The molecule has 6 heteroatoms. The van der Waals surface area contributed by atoms with Gasteiger partial charge in [0.2, 0.25) is 0 Å². The molecule has 18 heavy (non-hydrogen) atoms. The molecule has 0 saturated carbocycles. The largest absolute Gasteiger partial charge is 0.383 e. The molecule has 0 aliphatic heterocycles. The zero-order chi connectivity index (χ0) is 12.8. The van der Waals surface area contributed by atoms with Crippen LogP contribution in [0.3, 0.4) is 0 Å². The van der Waals surface area contributed by atoms with Crippen molar-refractivity contribution >= 4 is 11.6 Å². The Morgan fingerprint density at radius 1 is 1.44 bits per heavy atom. The Kier molecular flexibility index (Phi) is 3.90. The SMILES string of the molecule is CCNc1cnccc1C(=O)NCc1cn[nH]c1. The van der Waals surface area contributed by atoms with Gasteiger partial charge in [0.1, 0.15) is 0 Å². The average molecular weight is 245 g/mol. The molecule has 0 spiro atoms. The van der Waals surface area contributed by atoms with E-state index in [9.17, 15) is 4.79 Å². The van der Waals surface area contributed by atoms with Crippen molar-refractivity contribution in [3.63, 3.8) is 0 Å². The quantitative estimate of drug-likeness (QED) is 0.738. The first-order chi connectivity index (χ1) is 8.81. The third kappa shape index (κ3) is 2.85. The first-order valence-electron chi connectivity index (χ1n) is 5.75. The van der Waals surface area contributed by atoms with Crippen LogP contribution in [0.5, 0.6) is 0 Å².